The molecule has 0 saturated carbocycles. The third kappa shape index (κ3) is 2.14. The highest BCUT2D eigenvalue weighted by Gasteiger charge is 2.22. The molecule has 0 radical (unpaired) electrons. The third-order valence-corrected chi connectivity index (χ3v) is 4.97. The number of H-pyrrole nitrogens is 1. The molecule has 106 valence electrons. The molecule has 0 unspecified atom stereocenters. The topological polar surface area (TPSA) is 74.8 Å². The Morgan fingerprint density at radius 1 is 1.50 bits per heavy atom. The summed E-state index contributed by atoms with van der Waals surface area (Å²) >= 11 is 1.55. The maximum atomic E-state index is 12.2. The molecule has 0 fully saturated rings. The van der Waals surface area contributed by atoms with Crippen LogP contribution in [0.15, 0.2) is 4.79 Å². The van der Waals surface area contributed by atoms with Gasteiger partial charge >= 0.3 is 0 Å². The van der Waals surface area contributed by atoms with Gasteiger partial charge in [0, 0.05) is 10.9 Å². The molecule has 6 heteroatoms. The van der Waals surface area contributed by atoms with Crippen molar-refractivity contribution in [1.29, 1.82) is 0 Å². The van der Waals surface area contributed by atoms with Gasteiger partial charge in [-0.15, -0.1) is 11.3 Å². The highest BCUT2D eigenvalue weighted by Crippen LogP contribution is 2.34. The number of hydrogen-bond acceptors (Lipinski definition) is 4. The highest BCUT2D eigenvalue weighted by atomic mass is 32.1. The van der Waals surface area contributed by atoms with Gasteiger partial charge in [-0.2, -0.15) is 0 Å². The molecule has 1 aliphatic rings. The number of fused-ring (bicyclic) bond motifs is 3. The van der Waals surface area contributed by atoms with Gasteiger partial charge in [-0.25, -0.2) is 4.98 Å². The Hall–Kier alpha value is -1.69. The monoisotopic (exact) mass is 291 g/mol. The predicted molar refractivity (Wildman–Crippen MR) is 79.5 cm³/mol. The Morgan fingerprint density at radius 3 is 3.05 bits per heavy atom. The average molecular weight is 291 g/mol. The van der Waals surface area contributed by atoms with Gasteiger partial charge in [0.25, 0.3) is 11.5 Å². The molecule has 5 nitrogen and oxygen atoms in total. The van der Waals surface area contributed by atoms with Crippen LogP contribution < -0.4 is 10.9 Å². The van der Waals surface area contributed by atoms with Crippen LogP contribution in [0.2, 0.25) is 0 Å². The molecule has 0 aliphatic heterocycles. The summed E-state index contributed by atoms with van der Waals surface area (Å²) in [6.07, 6.45) is 3.90. The van der Waals surface area contributed by atoms with Crippen molar-refractivity contribution >= 4 is 27.5 Å². The Bertz CT molecular complexity index is 732. The number of aromatic nitrogens is 2. The number of aryl methyl sites for hydroxylation is 2. The normalized spacial score (nSPS) is 15.3. The van der Waals surface area contributed by atoms with Gasteiger partial charge in [-0.05, 0) is 38.2 Å². The van der Waals surface area contributed by atoms with Crippen LogP contribution in [0.25, 0.3) is 10.2 Å². The zero-order valence-corrected chi connectivity index (χ0v) is 12.4. The number of nitrogens with zero attached hydrogens (tertiary/aromatic N) is 1. The van der Waals surface area contributed by atoms with E-state index in [-0.39, 0.29) is 23.3 Å². The van der Waals surface area contributed by atoms with Crippen molar-refractivity contribution in [2.45, 2.75) is 45.6 Å². The van der Waals surface area contributed by atoms with Crippen molar-refractivity contribution in [2.24, 2.45) is 0 Å². The van der Waals surface area contributed by atoms with Gasteiger partial charge < -0.3 is 10.3 Å². The van der Waals surface area contributed by atoms with E-state index in [1.54, 1.807) is 11.3 Å². The number of carbonyl (C=O) groups excluding carboxylic acids is 1. The molecule has 0 spiro atoms. The summed E-state index contributed by atoms with van der Waals surface area (Å²) in [6.45, 7) is 3.92. The van der Waals surface area contributed by atoms with E-state index in [1.807, 2.05) is 13.8 Å². The van der Waals surface area contributed by atoms with E-state index in [0.717, 1.165) is 31.2 Å². The molecule has 0 aromatic carbocycles. The first-order valence-corrected chi connectivity index (χ1v) is 7.77. The molecule has 0 bridgehead atoms. The summed E-state index contributed by atoms with van der Waals surface area (Å²) in [5, 5.41) is 3.50. The van der Waals surface area contributed by atoms with Crippen LogP contribution in [-0.4, -0.2) is 21.9 Å². The second-order valence-electron chi connectivity index (χ2n) is 5.23. The minimum atomic E-state index is -0.313. The molecular weight excluding hydrogens is 274 g/mol. The number of thiophene rings is 1. The fourth-order valence-electron chi connectivity index (χ4n) is 2.50. The lowest BCUT2D eigenvalue weighted by molar-refractivity contribution is 0.0929. The molecule has 2 N–H and O–H groups in total. The Morgan fingerprint density at radius 2 is 2.30 bits per heavy atom. The van der Waals surface area contributed by atoms with Gasteiger partial charge in [0.15, 0.2) is 0 Å². The largest absolute Gasteiger partial charge is 0.347 e. The molecule has 2 aromatic rings. The molecule has 3 rings (SSSR count). The van der Waals surface area contributed by atoms with Gasteiger partial charge in [-0.3, -0.25) is 9.59 Å². The van der Waals surface area contributed by atoms with E-state index in [1.165, 1.54) is 4.88 Å². The lowest BCUT2D eigenvalue weighted by Gasteiger charge is -2.10. The van der Waals surface area contributed by atoms with Crippen LogP contribution in [0.1, 0.15) is 47.7 Å². The molecule has 0 saturated heterocycles. The van der Waals surface area contributed by atoms with Gasteiger partial charge in [0.1, 0.15) is 4.83 Å². The standard InChI is InChI=1S/C14H17N3O2S/c1-3-7(2)15-13(19)11-16-12(18)10-8-5-4-6-9(8)20-14(10)17-11/h7H,3-6H2,1-2H3,(H,15,19)(H,16,17,18)/t7-/m0/s1. The third-order valence-electron chi connectivity index (χ3n) is 3.78. The van der Waals surface area contributed by atoms with Gasteiger partial charge in [0.05, 0.1) is 5.39 Å². The number of aromatic amines is 1. The van der Waals surface area contributed by atoms with Crippen molar-refractivity contribution in [1.82, 2.24) is 15.3 Å². The molecule has 20 heavy (non-hydrogen) atoms. The summed E-state index contributed by atoms with van der Waals surface area (Å²) in [7, 11) is 0. The number of rotatable bonds is 3. The fraction of sp³-hybridized carbons (Fsp3) is 0.500. The van der Waals surface area contributed by atoms with E-state index < -0.39 is 0 Å². The van der Waals surface area contributed by atoms with Crippen LogP contribution in [0, 0.1) is 0 Å². The number of nitrogens with one attached hydrogen (secondary N) is 2. The first-order chi connectivity index (χ1) is 9.60. The van der Waals surface area contributed by atoms with Crippen LogP contribution in [-0.2, 0) is 12.8 Å². The fourth-order valence-corrected chi connectivity index (χ4v) is 3.77. The first-order valence-electron chi connectivity index (χ1n) is 6.95. The maximum absolute atomic E-state index is 12.2. The smallest absolute Gasteiger partial charge is 0.287 e. The van der Waals surface area contributed by atoms with E-state index in [9.17, 15) is 9.59 Å². The van der Waals surface area contributed by atoms with Gasteiger partial charge in [-0.1, -0.05) is 6.92 Å². The van der Waals surface area contributed by atoms with Crippen LogP contribution >= 0.6 is 11.3 Å². The van der Waals surface area contributed by atoms with E-state index in [2.05, 4.69) is 15.3 Å². The van der Waals surface area contributed by atoms with Crippen LogP contribution in [0.5, 0.6) is 0 Å². The van der Waals surface area contributed by atoms with Crippen molar-refractivity contribution in [3.8, 4) is 0 Å². The summed E-state index contributed by atoms with van der Waals surface area (Å²) < 4.78 is 0. The quantitative estimate of drug-likeness (QED) is 0.908. The lowest BCUT2D eigenvalue weighted by Crippen LogP contribution is -2.34. The zero-order chi connectivity index (χ0) is 14.3. The summed E-state index contributed by atoms with van der Waals surface area (Å²) in [4.78, 5) is 33.2. The van der Waals surface area contributed by atoms with E-state index in [4.69, 9.17) is 0 Å². The van der Waals surface area contributed by atoms with Crippen molar-refractivity contribution in [2.75, 3.05) is 0 Å². The zero-order valence-electron chi connectivity index (χ0n) is 11.6. The molecular formula is C14H17N3O2S. The second kappa shape index (κ2) is 5.01. The summed E-state index contributed by atoms with van der Waals surface area (Å²) in [5.41, 5.74) is 0.941. The SMILES string of the molecule is CC[C@H](C)NC(=O)c1nc2sc3c(c2c(=O)[nH]1)CCC3. The number of amides is 1. The van der Waals surface area contributed by atoms with Gasteiger partial charge in [0.2, 0.25) is 5.82 Å². The van der Waals surface area contributed by atoms with E-state index >= 15 is 0 Å². The average Bonchev–Trinajstić information content (AvgIpc) is 2.97. The predicted octanol–water partition coefficient (Wildman–Crippen LogP) is 2.00. The maximum Gasteiger partial charge on any atom is 0.287 e. The first kappa shape index (κ1) is 13.3. The summed E-state index contributed by atoms with van der Waals surface area (Å²) in [5.74, 6) is -0.199. The lowest BCUT2D eigenvalue weighted by atomic mass is 10.2. The van der Waals surface area contributed by atoms with Crippen molar-refractivity contribution in [3.05, 3.63) is 26.6 Å². The molecule has 2 aromatic heterocycles. The highest BCUT2D eigenvalue weighted by molar-refractivity contribution is 7.18. The van der Waals surface area contributed by atoms with Crippen molar-refractivity contribution in [3.63, 3.8) is 0 Å². The Balaban J connectivity index is 2.03. The van der Waals surface area contributed by atoms with Crippen LogP contribution in [0.4, 0.5) is 0 Å². The second-order valence-corrected chi connectivity index (χ2v) is 6.32. The summed E-state index contributed by atoms with van der Waals surface area (Å²) in [6, 6.07) is 0.0665. The Kier molecular flexibility index (Phi) is 3.33. The molecule has 1 amide bonds. The number of carbonyl (C=O) groups is 1. The molecule has 1 aliphatic carbocycles. The van der Waals surface area contributed by atoms with Crippen molar-refractivity contribution < 1.29 is 4.79 Å². The Labute approximate surface area is 120 Å². The minimum Gasteiger partial charge on any atom is -0.347 e. The molecule has 2 heterocycles. The van der Waals surface area contributed by atoms with E-state index in [0.29, 0.717) is 10.2 Å². The number of hydrogen-bond donors (Lipinski definition) is 2. The minimum absolute atomic E-state index is 0.0665. The van der Waals surface area contributed by atoms with Crippen LogP contribution in [0.3, 0.4) is 0 Å². The molecule has 1 atom stereocenters.